The standard InChI is InChI=1S/C22H27FN2O/c1-4-5-10-25-22(26)9-7-17-12-18(14-19(23)13-17)16(3)20-11-15(2)6-8-21(20)24/h6,8,11-14H,3-5,7,9-10,24H2,1-2H3,(H,25,26). The molecule has 0 aliphatic carbocycles. The van der Waals surface area contributed by atoms with Gasteiger partial charge in [0.15, 0.2) is 0 Å². The average Bonchev–Trinajstić information content (AvgIpc) is 2.61. The van der Waals surface area contributed by atoms with Gasteiger partial charge in [-0.3, -0.25) is 4.79 Å². The van der Waals surface area contributed by atoms with E-state index in [0.717, 1.165) is 29.5 Å². The number of unbranched alkanes of at least 4 members (excludes halogenated alkanes) is 1. The summed E-state index contributed by atoms with van der Waals surface area (Å²) in [6, 6.07) is 10.5. The van der Waals surface area contributed by atoms with E-state index >= 15 is 0 Å². The number of nitrogens with two attached hydrogens (primary N) is 1. The Kier molecular flexibility index (Phi) is 6.96. The second-order valence-corrected chi connectivity index (χ2v) is 6.62. The number of halogens is 1. The normalized spacial score (nSPS) is 10.6. The second-order valence-electron chi connectivity index (χ2n) is 6.62. The van der Waals surface area contributed by atoms with E-state index in [0.29, 0.717) is 36.2 Å². The summed E-state index contributed by atoms with van der Waals surface area (Å²) in [7, 11) is 0. The van der Waals surface area contributed by atoms with E-state index < -0.39 is 0 Å². The largest absolute Gasteiger partial charge is 0.398 e. The Balaban J connectivity index is 2.12. The first-order valence-electron chi connectivity index (χ1n) is 9.02. The van der Waals surface area contributed by atoms with E-state index in [1.165, 1.54) is 12.1 Å². The van der Waals surface area contributed by atoms with Crippen LogP contribution in [0.15, 0.2) is 43.0 Å². The number of nitrogens with one attached hydrogen (secondary N) is 1. The van der Waals surface area contributed by atoms with E-state index in [2.05, 4.69) is 18.8 Å². The summed E-state index contributed by atoms with van der Waals surface area (Å²) in [5, 5.41) is 2.88. The Morgan fingerprint density at radius 2 is 2.00 bits per heavy atom. The molecule has 0 saturated heterocycles. The lowest BCUT2D eigenvalue weighted by Crippen LogP contribution is -2.24. The van der Waals surface area contributed by atoms with Gasteiger partial charge in [0.05, 0.1) is 0 Å². The lowest BCUT2D eigenvalue weighted by Gasteiger charge is -2.12. The zero-order valence-corrected chi connectivity index (χ0v) is 15.6. The number of hydrogen-bond acceptors (Lipinski definition) is 2. The van der Waals surface area contributed by atoms with Crippen LogP contribution in [0.1, 0.15) is 48.4 Å². The number of benzene rings is 2. The number of carbonyl (C=O) groups excluding carboxylic acids is 1. The van der Waals surface area contributed by atoms with Crippen LogP contribution in [-0.2, 0) is 11.2 Å². The summed E-state index contributed by atoms with van der Waals surface area (Å²) in [6.07, 6.45) is 2.83. The molecule has 3 N–H and O–H groups in total. The Hall–Kier alpha value is -2.62. The zero-order valence-electron chi connectivity index (χ0n) is 15.6. The van der Waals surface area contributed by atoms with Crippen molar-refractivity contribution in [3.8, 4) is 0 Å². The van der Waals surface area contributed by atoms with Crippen molar-refractivity contribution in [2.75, 3.05) is 12.3 Å². The van der Waals surface area contributed by atoms with Crippen LogP contribution in [0.5, 0.6) is 0 Å². The fraction of sp³-hybridized carbons (Fsp3) is 0.318. The number of carbonyl (C=O) groups is 1. The number of rotatable bonds is 8. The number of hydrogen-bond donors (Lipinski definition) is 2. The molecule has 4 heteroatoms. The minimum Gasteiger partial charge on any atom is -0.398 e. The van der Waals surface area contributed by atoms with E-state index in [-0.39, 0.29) is 11.7 Å². The smallest absolute Gasteiger partial charge is 0.220 e. The fourth-order valence-corrected chi connectivity index (χ4v) is 2.81. The van der Waals surface area contributed by atoms with Gasteiger partial charge < -0.3 is 11.1 Å². The van der Waals surface area contributed by atoms with Gasteiger partial charge in [-0.05, 0) is 60.7 Å². The summed E-state index contributed by atoms with van der Waals surface area (Å²) >= 11 is 0. The molecule has 2 aromatic carbocycles. The third kappa shape index (κ3) is 5.45. The van der Waals surface area contributed by atoms with Crippen molar-refractivity contribution in [3.63, 3.8) is 0 Å². The Morgan fingerprint density at radius 3 is 2.73 bits per heavy atom. The van der Waals surface area contributed by atoms with Gasteiger partial charge in [-0.1, -0.05) is 37.6 Å². The maximum absolute atomic E-state index is 14.1. The number of aryl methyl sites for hydroxylation is 2. The highest BCUT2D eigenvalue weighted by molar-refractivity contribution is 5.84. The van der Waals surface area contributed by atoms with Gasteiger partial charge in [-0.15, -0.1) is 0 Å². The predicted octanol–water partition coefficient (Wildman–Crippen LogP) is 4.63. The quantitative estimate of drug-likeness (QED) is 0.536. The summed E-state index contributed by atoms with van der Waals surface area (Å²) in [4.78, 5) is 11.9. The van der Waals surface area contributed by atoms with Crippen molar-refractivity contribution in [3.05, 3.63) is 71.0 Å². The van der Waals surface area contributed by atoms with Crippen molar-refractivity contribution < 1.29 is 9.18 Å². The van der Waals surface area contributed by atoms with Crippen LogP contribution in [0.4, 0.5) is 10.1 Å². The highest BCUT2D eigenvalue weighted by atomic mass is 19.1. The third-order valence-electron chi connectivity index (χ3n) is 4.33. The summed E-state index contributed by atoms with van der Waals surface area (Å²) in [6.45, 7) is 8.84. The van der Waals surface area contributed by atoms with Crippen molar-refractivity contribution in [2.24, 2.45) is 0 Å². The van der Waals surface area contributed by atoms with Crippen LogP contribution in [0, 0.1) is 12.7 Å². The molecule has 0 saturated carbocycles. The van der Waals surface area contributed by atoms with Gasteiger partial charge in [0.1, 0.15) is 5.82 Å². The first-order valence-corrected chi connectivity index (χ1v) is 9.02. The van der Waals surface area contributed by atoms with E-state index in [1.807, 2.05) is 31.2 Å². The average molecular weight is 354 g/mol. The molecule has 26 heavy (non-hydrogen) atoms. The lowest BCUT2D eigenvalue weighted by atomic mass is 9.94. The van der Waals surface area contributed by atoms with Crippen LogP contribution >= 0.6 is 0 Å². The molecule has 0 spiro atoms. The predicted molar refractivity (Wildman–Crippen MR) is 106 cm³/mol. The molecule has 1 amide bonds. The topological polar surface area (TPSA) is 55.1 Å². The first-order chi connectivity index (χ1) is 12.4. The monoisotopic (exact) mass is 354 g/mol. The molecule has 0 atom stereocenters. The van der Waals surface area contributed by atoms with E-state index in [9.17, 15) is 9.18 Å². The molecule has 0 aromatic heterocycles. The van der Waals surface area contributed by atoms with Crippen LogP contribution in [0.3, 0.4) is 0 Å². The minimum absolute atomic E-state index is 0.00832. The van der Waals surface area contributed by atoms with Crippen molar-refractivity contribution in [1.82, 2.24) is 5.32 Å². The van der Waals surface area contributed by atoms with Crippen LogP contribution in [0.2, 0.25) is 0 Å². The van der Waals surface area contributed by atoms with E-state index in [1.54, 1.807) is 0 Å². The van der Waals surface area contributed by atoms with Crippen molar-refractivity contribution in [2.45, 2.75) is 39.5 Å². The van der Waals surface area contributed by atoms with Crippen LogP contribution in [-0.4, -0.2) is 12.5 Å². The molecule has 0 heterocycles. The third-order valence-corrected chi connectivity index (χ3v) is 4.33. The highest BCUT2D eigenvalue weighted by Crippen LogP contribution is 2.28. The lowest BCUT2D eigenvalue weighted by molar-refractivity contribution is -0.121. The van der Waals surface area contributed by atoms with Gasteiger partial charge in [0.25, 0.3) is 0 Å². The first kappa shape index (κ1) is 19.7. The molecule has 0 bridgehead atoms. The summed E-state index contributed by atoms with van der Waals surface area (Å²) in [5.74, 6) is -0.345. The molecule has 0 aliphatic heterocycles. The fourth-order valence-electron chi connectivity index (χ4n) is 2.81. The highest BCUT2D eigenvalue weighted by Gasteiger charge is 2.10. The molecule has 2 rings (SSSR count). The number of nitrogen functional groups attached to an aromatic ring is 1. The molecule has 2 aromatic rings. The van der Waals surface area contributed by atoms with Crippen LogP contribution in [0.25, 0.3) is 5.57 Å². The molecule has 0 radical (unpaired) electrons. The van der Waals surface area contributed by atoms with Gasteiger partial charge in [0.2, 0.25) is 5.91 Å². The maximum Gasteiger partial charge on any atom is 0.220 e. The molecule has 0 fully saturated rings. The molecule has 3 nitrogen and oxygen atoms in total. The number of anilines is 1. The maximum atomic E-state index is 14.1. The summed E-state index contributed by atoms with van der Waals surface area (Å²) in [5.41, 5.74) is 10.7. The van der Waals surface area contributed by atoms with Crippen molar-refractivity contribution in [1.29, 1.82) is 0 Å². The Labute approximate surface area is 155 Å². The van der Waals surface area contributed by atoms with Crippen LogP contribution < -0.4 is 11.1 Å². The summed E-state index contributed by atoms with van der Waals surface area (Å²) < 4.78 is 14.1. The zero-order chi connectivity index (χ0) is 19.1. The van der Waals surface area contributed by atoms with Gasteiger partial charge in [-0.2, -0.15) is 0 Å². The van der Waals surface area contributed by atoms with Gasteiger partial charge in [0, 0.05) is 24.2 Å². The van der Waals surface area contributed by atoms with E-state index in [4.69, 9.17) is 5.73 Å². The molecule has 0 unspecified atom stereocenters. The van der Waals surface area contributed by atoms with Gasteiger partial charge in [-0.25, -0.2) is 4.39 Å². The molecular weight excluding hydrogens is 327 g/mol. The Morgan fingerprint density at radius 1 is 1.23 bits per heavy atom. The van der Waals surface area contributed by atoms with Gasteiger partial charge >= 0.3 is 0 Å². The second kappa shape index (κ2) is 9.18. The number of amides is 1. The van der Waals surface area contributed by atoms with Crippen molar-refractivity contribution >= 4 is 17.2 Å². The molecule has 138 valence electrons. The Bertz CT molecular complexity index is 799. The molecular formula is C22H27FN2O. The minimum atomic E-state index is -0.337. The SMILES string of the molecule is C=C(c1cc(F)cc(CCC(=O)NCCCC)c1)c1cc(C)ccc1N. The molecule has 0 aliphatic rings.